The summed E-state index contributed by atoms with van der Waals surface area (Å²) in [4.78, 5) is 13.7. The topological polar surface area (TPSA) is 66.5 Å². The molecule has 1 amide bonds. The molecule has 1 unspecified atom stereocenters. The Kier molecular flexibility index (Phi) is 5.57. The number of nitrogens with zero attached hydrogens (tertiary/aromatic N) is 1. The van der Waals surface area contributed by atoms with E-state index in [1.165, 1.54) is 29.3 Å². The number of carbonyl (C=O) groups is 1. The average Bonchev–Trinajstić information content (AvgIpc) is 3.06. The van der Waals surface area contributed by atoms with Crippen LogP contribution in [0.3, 0.4) is 0 Å². The molecule has 1 N–H and O–H groups in total. The molecule has 1 atom stereocenters. The van der Waals surface area contributed by atoms with Gasteiger partial charge in [-0.2, -0.15) is 8.78 Å². The summed E-state index contributed by atoms with van der Waals surface area (Å²) < 4.78 is 49.3. The van der Waals surface area contributed by atoms with Gasteiger partial charge in [0.1, 0.15) is 0 Å². The van der Waals surface area contributed by atoms with E-state index in [1.807, 2.05) is 30.1 Å². The third-order valence-corrected chi connectivity index (χ3v) is 6.17. The molecule has 0 radical (unpaired) electrons. The molecule has 3 rings (SSSR count). The standard InChI is InChI=1S/C19H20F2N2O3S/c1-23(16-11-10-13-6-2-3-7-14(13)16)12-18(24)22-15-8-4-5-9-17(15)27(25,26)19(20)21/h2-9,16,19H,10-12H2,1H3,(H,22,24). The minimum atomic E-state index is -4.80. The molecule has 0 aliphatic heterocycles. The van der Waals surface area contributed by atoms with Gasteiger partial charge in [0.2, 0.25) is 15.7 Å². The Morgan fingerprint density at radius 3 is 2.59 bits per heavy atom. The quantitative estimate of drug-likeness (QED) is 0.817. The first-order valence-corrected chi connectivity index (χ1v) is 10.0. The zero-order valence-electron chi connectivity index (χ0n) is 14.7. The number of fused-ring (bicyclic) bond motifs is 1. The predicted molar refractivity (Wildman–Crippen MR) is 98.4 cm³/mol. The number of aryl methyl sites for hydroxylation is 1. The van der Waals surface area contributed by atoms with Gasteiger partial charge >= 0.3 is 5.76 Å². The lowest BCUT2D eigenvalue weighted by atomic mass is 10.1. The molecular formula is C19H20F2N2O3S. The lowest BCUT2D eigenvalue weighted by Gasteiger charge is -2.24. The van der Waals surface area contributed by atoms with Crippen molar-refractivity contribution in [3.8, 4) is 0 Å². The SMILES string of the molecule is CN(CC(=O)Nc1ccccc1S(=O)(=O)C(F)F)C1CCc2ccccc21. The Balaban J connectivity index is 1.72. The minimum absolute atomic E-state index is 0.0159. The van der Waals surface area contributed by atoms with Crippen molar-refractivity contribution >= 4 is 21.4 Å². The van der Waals surface area contributed by atoms with E-state index in [1.54, 1.807) is 0 Å². The number of halogens is 2. The average molecular weight is 394 g/mol. The second kappa shape index (κ2) is 7.74. The van der Waals surface area contributed by atoms with Crippen LogP contribution >= 0.6 is 0 Å². The van der Waals surface area contributed by atoms with Crippen molar-refractivity contribution in [3.05, 3.63) is 59.7 Å². The van der Waals surface area contributed by atoms with Gasteiger partial charge in [-0.25, -0.2) is 8.42 Å². The number of sulfone groups is 1. The van der Waals surface area contributed by atoms with Crippen molar-refractivity contribution in [2.75, 3.05) is 18.9 Å². The molecule has 2 aromatic carbocycles. The Labute approximate surface area is 156 Å². The molecule has 2 aromatic rings. The summed E-state index contributed by atoms with van der Waals surface area (Å²) in [6, 6.07) is 13.3. The number of anilines is 1. The first-order chi connectivity index (χ1) is 12.8. The van der Waals surface area contributed by atoms with Crippen molar-refractivity contribution in [2.24, 2.45) is 0 Å². The molecule has 5 nitrogen and oxygen atoms in total. The first kappa shape index (κ1) is 19.4. The van der Waals surface area contributed by atoms with Crippen LogP contribution in [0.15, 0.2) is 53.4 Å². The normalized spacial score (nSPS) is 16.6. The van der Waals surface area contributed by atoms with Crippen molar-refractivity contribution in [3.63, 3.8) is 0 Å². The molecule has 0 bridgehead atoms. The summed E-state index contributed by atoms with van der Waals surface area (Å²) in [7, 11) is -2.99. The molecule has 0 aromatic heterocycles. The van der Waals surface area contributed by atoms with E-state index in [2.05, 4.69) is 11.4 Å². The summed E-state index contributed by atoms with van der Waals surface area (Å²) in [6.45, 7) is 0.0159. The molecule has 0 spiro atoms. The molecule has 144 valence electrons. The molecule has 1 aliphatic carbocycles. The van der Waals surface area contributed by atoms with E-state index in [0.29, 0.717) is 0 Å². The number of para-hydroxylation sites is 1. The molecule has 0 saturated heterocycles. The van der Waals surface area contributed by atoms with Crippen molar-refractivity contribution in [2.45, 2.75) is 29.5 Å². The van der Waals surface area contributed by atoms with E-state index in [0.717, 1.165) is 18.9 Å². The molecule has 8 heteroatoms. The molecule has 0 fully saturated rings. The van der Waals surface area contributed by atoms with Crippen LogP contribution in [-0.4, -0.2) is 38.6 Å². The fourth-order valence-corrected chi connectivity index (χ4v) is 4.32. The Bertz CT molecular complexity index is 947. The number of rotatable bonds is 6. The van der Waals surface area contributed by atoms with Crippen LogP contribution in [0.4, 0.5) is 14.5 Å². The van der Waals surface area contributed by atoms with Crippen molar-refractivity contribution in [1.29, 1.82) is 0 Å². The van der Waals surface area contributed by atoms with Crippen LogP contribution in [0.1, 0.15) is 23.6 Å². The fraction of sp³-hybridized carbons (Fsp3) is 0.316. The number of benzene rings is 2. The second-order valence-electron chi connectivity index (χ2n) is 6.52. The number of amides is 1. The van der Waals surface area contributed by atoms with Crippen LogP contribution in [0, 0.1) is 0 Å². The highest BCUT2D eigenvalue weighted by molar-refractivity contribution is 7.91. The second-order valence-corrected chi connectivity index (χ2v) is 8.40. The van der Waals surface area contributed by atoms with Crippen molar-refractivity contribution in [1.82, 2.24) is 4.90 Å². The largest absolute Gasteiger partial charge is 0.341 e. The van der Waals surface area contributed by atoms with Gasteiger partial charge in [-0.05, 0) is 43.1 Å². The maximum Gasteiger partial charge on any atom is 0.341 e. The van der Waals surface area contributed by atoms with Crippen LogP contribution in [-0.2, 0) is 21.1 Å². The molecule has 27 heavy (non-hydrogen) atoms. The van der Waals surface area contributed by atoms with E-state index in [4.69, 9.17) is 0 Å². The van der Waals surface area contributed by atoms with Crippen molar-refractivity contribution < 1.29 is 22.0 Å². The number of alkyl halides is 2. The van der Waals surface area contributed by atoms with Gasteiger partial charge in [0, 0.05) is 6.04 Å². The zero-order chi connectivity index (χ0) is 19.6. The van der Waals surface area contributed by atoms with Gasteiger partial charge < -0.3 is 5.32 Å². The molecule has 1 aliphatic rings. The number of hydrogen-bond donors (Lipinski definition) is 1. The summed E-state index contributed by atoms with van der Waals surface area (Å²) >= 11 is 0. The van der Waals surface area contributed by atoms with Crippen LogP contribution in [0.5, 0.6) is 0 Å². The molecule has 0 heterocycles. The van der Waals surface area contributed by atoms with Gasteiger partial charge in [0.25, 0.3) is 0 Å². The highest BCUT2D eigenvalue weighted by Crippen LogP contribution is 2.34. The third-order valence-electron chi connectivity index (χ3n) is 4.73. The van der Waals surface area contributed by atoms with E-state index in [-0.39, 0.29) is 18.3 Å². The van der Waals surface area contributed by atoms with Gasteiger partial charge in [-0.15, -0.1) is 0 Å². The van der Waals surface area contributed by atoms with Gasteiger partial charge in [-0.1, -0.05) is 36.4 Å². The highest BCUT2D eigenvalue weighted by atomic mass is 32.2. The van der Waals surface area contributed by atoms with E-state index < -0.39 is 26.4 Å². The first-order valence-electron chi connectivity index (χ1n) is 8.49. The molecule has 0 saturated carbocycles. The number of likely N-dealkylation sites (N-methyl/N-ethyl adjacent to an activating group) is 1. The zero-order valence-corrected chi connectivity index (χ0v) is 15.5. The van der Waals surface area contributed by atoms with E-state index >= 15 is 0 Å². The third kappa shape index (κ3) is 4.01. The number of carbonyl (C=O) groups excluding carboxylic acids is 1. The highest BCUT2D eigenvalue weighted by Gasteiger charge is 2.30. The van der Waals surface area contributed by atoms with Crippen LogP contribution < -0.4 is 5.32 Å². The maximum atomic E-state index is 12.9. The monoisotopic (exact) mass is 394 g/mol. The van der Waals surface area contributed by atoms with E-state index in [9.17, 15) is 22.0 Å². The summed E-state index contributed by atoms with van der Waals surface area (Å²) in [6.07, 6.45) is 1.82. The molecular weight excluding hydrogens is 374 g/mol. The Morgan fingerprint density at radius 1 is 1.19 bits per heavy atom. The predicted octanol–water partition coefficient (Wildman–Crippen LogP) is 3.24. The fourth-order valence-electron chi connectivity index (χ4n) is 3.43. The van der Waals surface area contributed by atoms with Crippen LogP contribution in [0.25, 0.3) is 0 Å². The van der Waals surface area contributed by atoms with Gasteiger partial charge in [0.15, 0.2) is 0 Å². The van der Waals surface area contributed by atoms with Gasteiger partial charge in [0.05, 0.1) is 17.1 Å². The Morgan fingerprint density at radius 2 is 1.85 bits per heavy atom. The van der Waals surface area contributed by atoms with Crippen LogP contribution in [0.2, 0.25) is 0 Å². The maximum absolute atomic E-state index is 12.9. The summed E-state index contributed by atoms with van der Waals surface area (Å²) in [5.41, 5.74) is 2.29. The summed E-state index contributed by atoms with van der Waals surface area (Å²) in [5, 5.41) is 2.46. The van der Waals surface area contributed by atoms with Gasteiger partial charge in [-0.3, -0.25) is 9.69 Å². The number of hydrogen-bond acceptors (Lipinski definition) is 4. The summed E-state index contributed by atoms with van der Waals surface area (Å²) in [5.74, 6) is -4.01. The lowest BCUT2D eigenvalue weighted by Crippen LogP contribution is -2.33. The Hall–Kier alpha value is -2.32. The minimum Gasteiger partial charge on any atom is -0.324 e. The smallest absolute Gasteiger partial charge is 0.324 e. The lowest BCUT2D eigenvalue weighted by molar-refractivity contribution is -0.117. The number of nitrogens with one attached hydrogen (secondary N) is 1.